The molecule has 168 valence electrons. The SMILES string of the molecule is COc1ccc(S(=O)(=O)Nc2ccc3c(c2)CN(S(=O)(=O)c2ccccc2)CC3)c(C)c1. The second kappa shape index (κ2) is 8.57. The number of aryl methyl sites for hydroxylation is 1. The number of anilines is 1. The van der Waals surface area contributed by atoms with E-state index in [9.17, 15) is 16.8 Å². The summed E-state index contributed by atoms with van der Waals surface area (Å²) < 4.78 is 61.0. The first-order chi connectivity index (χ1) is 15.2. The van der Waals surface area contributed by atoms with Crippen molar-refractivity contribution >= 4 is 25.7 Å². The number of hydrogen-bond donors (Lipinski definition) is 1. The maximum absolute atomic E-state index is 13.0. The minimum Gasteiger partial charge on any atom is -0.497 e. The number of fused-ring (bicyclic) bond motifs is 1. The Kier molecular flexibility index (Phi) is 5.98. The Hall–Kier alpha value is -2.88. The number of methoxy groups -OCH3 is 1. The topological polar surface area (TPSA) is 92.8 Å². The first-order valence-electron chi connectivity index (χ1n) is 10.1. The number of ether oxygens (including phenoxy) is 1. The van der Waals surface area contributed by atoms with Crippen LogP contribution < -0.4 is 9.46 Å². The Morgan fingerprint density at radius 1 is 0.906 bits per heavy atom. The molecule has 0 atom stereocenters. The molecule has 4 rings (SSSR count). The van der Waals surface area contributed by atoms with E-state index in [0.717, 1.165) is 11.1 Å². The molecule has 0 spiro atoms. The maximum atomic E-state index is 13.0. The fraction of sp³-hybridized carbons (Fsp3) is 0.217. The Labute approximate surface area is 188 Å². The van der Waals surface area contributed by atoms with Gasteiger partial charge in [0, 0.05) is 18.8 Å². The molecule has 1 heterocycles. The van der Waals surface area contributed by atoms with Gasteiger partial charge in [-0.15, -0.1) is 0 Å². The van der Waals surface area contributed by atoms with Crippen LogP contribution in [0.1, 0.15) is 16.7 Å². The molecule has 1 N–H and O–H groups in total. The number of rotatable bonds is 6. The van der Waals surface area contributed by atoms with Gasteiger partial charge in [-0.1, -0.05) is 24.3 Å². The van der Waals surface area contributed by atoms with Crippen molar-refractivity contribution in [2.75, 3.05) is 18.4 Å². The molecule has 0 radical (unpaired) electrons. The highest BCUT2D eigenvalue weighted by molar-refractivity contribution is 7.92. The van der Waals surface area contributed by atoms with Crippen LogP contribution in [0.3, 0.4) is 0 Å². The van der Waals surface area contributed by atoms with Gasteiger partial charge in [0.2, 0.25) is 10.0 Å². The molecule has 3 aromatic carbocycles. The summed E-state index contributed by atoms with van der Waals surface area (Å²) in [6.07, 6.45) is 0.562. The largest absolute Gasteiger partial charge is 0.497 e. The third-order valence-corrected chi connectivity index (χ3v) is 8.89. The van der Waals surface area contributed by atoms with Crippen LogP contribution in [-0.4, -0.2) is 34.8 Å². The molecule has 1 aliphatic rings. The maximum Gasteiger partial charge on any atom is 0.262 e. The second-order valence-corrected chi connectivity index (χ2v) is 11.2. The van der Waals surface area contributed by atoms with Gasteiger partial charge >= 0.3 is 0 Å². The van der Waals surface area contributed by atoms with Crippen molar-refractivity contribution in [2.45, 2.75) is 29.7 Å². The van der Waals surface area contributed by atoms with Crippen LogP contribution in [0.25, 0.3) is 0 Å². The highest BCUT2D eigenvalue weighted by atomic mass is 32.2. The van der Waals surface area contributed by atoms with E-state index < -0.39 is 20.0 Å². The molecule has 0 aromatic heterocycles. The second-order valence-electron chi connectivity index (χ2n) is 7.62. The fourth-order valence-electron chi connectivity index (χ4n) is 3.80. The van der Waals surface area contributed by atoms with E-state index in [-0.39, 0.29) is 16.3 Å². The van der Waals surface area contributed by atoms with Crippen molar-refractivity contribution in [1.82, 2.24) is 4.31 Å². The van der Waals surface area contributed by atoms with Crippen LogP contribution >= 0.6 is 0 Å². The summed E-state index contributed by atoms with van der Waals surface area (Å²) in [6.45, 7) is 2.26. The summed E-state index contributed by atoms with van der Waals surface area (Å²) in [4.78, 5) is 0.402. The molecule has 3 aromatic rings. The molecule has 0 fully saturated rings. The van der Waals surface area contributed by atoms with E-state index in [1.54, 1.807) is 61.5 Å². The molecule has 1 aliphatic heterocycles. The van der Waals surface area contributed by atoms with Crippen molar-refractivity contribution in [3.8, 4) is 5.75 Å². The summed E-state index contributed by atoms with van der Waals surface area (Å²) >= 11 is 0. The van der Waals surface area contributed by atoms with Gasteiger partial charge in [0.25, 0.3) is 10.0 Å². The average Bonchev–Trinajstić information content (AvgIpc) is 2.78. The van der Waals surface area contributed by atoms with Crippen LogP contribution in [-0.2, 0) is 33.0 Å². The van der Waals surface area contributed by atoms with Crippen molar-refractivity contribution in [3.05, 3.63) is 83.4 Å². The predicted octanol–water partition coefficient (Wildman–Crippen LogP) is 3.55. The van der Waals surface area contributed by atoms with E-state index in [2.05, 4.69) is 4.72 Å². The minimum absolute atomic E-state index is 0.157. The number of nitrogens with zero attached hydrogens (tertiary/aromatic N) is 1. The molecular weight excluding hydrogens is 448 g/mol. The number of nitrogens with one attached hydrogen (secondary N) is 1. The van der Waals surface area contributed by atoms with E-state index in [4.69, 9.17) is 4.74 Å². The third kappa shape index (κ3) is 4.36. The van der Waals surface area contributed by atoms with Crippen LogP contribution in [0.2, 0.25) is 0 Å². The molecular formula is C23H24N2O5S2. The van der Waals surface area contributed by atoms with Crippen molar-refractivity contribution in [3.63, 3.8) is 0 Å². The molecule has 0 aliphatic carbocycles. The van der Waals surface area contributed by atoms with Crippen LogP contribution in [0, 0.1) is 6.92 Å². The van der Waals surface area contributed by atoms with Crippen LogP contribution in [0.4, 0.5) is 5.69 Å². The molecule has 7 nitrogen and oxygen atoms in total. The molecule has 0 saturated carbocycles. The molecule has 0 bridgehead atoms. The van der Waals surface area contributed by atoms with Crippen LogP contribution in [0.5, 0.6) is 5.75 Å². The van der Waals surface area contributed by atoms with Gasteiger partial charge in [-0.2, -0.15) is 4.31 Å². The van der Waals surface area contributed by atoms with Gasteiger partial charge in [-0.3, -0.25) is 4.72 Å². The van der Waals surface area contributed by atoms with E-state index in [0.29, 0.717) is 30.0 Å². The Morgan fingerprint density at radius 3 is 2.34 bits per heavy atom. The van der Waals surface area contributed by atoms with Crippen molar-refractivity contribution in [2.24, 2.45) is 0 Å². The molecule has 9 heteroatoms. The van der Waals surface area contributed by atoms with E-state index >= 15 is 0 Å². The van der Waals surface area contributed by atoms with Gasteiger partial charge < -0.3 is 4.74 Å². The van der Waals surface area contributed by atoms with Gasteiger partial charge in [0.05, 0.1) is 16.9 Å². The lowest BCUT2D eigenvalue weighted by atomic mass is 10.0. The molecule has 0 unspecified atom stereocenters. The van der Waals surface area contributed by atoms with E-state index in [1.165, 1.54) is 17.5 Å². The monoisotopic (exact) mass is 472 g/mol. The molecule has 32 heavy (non-hydrogen) atoms. The van der Waals surface area contributed by atoms with Gasteiger partial charge in [0.1, 0.15) is 5.75 Å². The highest BCUT2D eigenvalue weighted by Gasteiger charge is 2.28. The Balaban J connectivity index is 1.59. The lowest BCUT2D eigenvalue weighted by Crippen LogP contribution is -2.36. The zero-order valence-corrected chi connectivity index (χ0v) is 19.4. The Morgan fingerprint density at radius 2 is 1.66 bits per heavy atom. The van der Waals surface area contributed by atoms with Crippen molar-refractivity contribution < 1.29 is 21.6 Å². The first-order valence-corrected chi connectivity index (χ1v) is 13.0. The fourth-order valence-corrected chi connectivity index (χ4v) is 6.52. The number of sulfonamides is 2. The third-order valence-electron chi connectivity index (χ3n) is 5.49. The van der Waals surface area contributed by atoms with Gasteiger partial charge in [-0.05, 0) is 72.5 Å². The smallest absolute Gasteiger partial charge is 0.262 e. The van der Waals surface area contributed by atoms with Gasteiger partial charge in [0.15, 0.2) is 0 Å². The summed E-state index contributed by atoms with van der Waals surface area (Å²) in [7, 11) is -5.92. The van der Waals surface area contributed by atoms with Crippen molar-refractivity contribution in [1.29, 1.82) is 0 Å². The van der Waals surface area contributed by atoms with E-state index in [1.807, 2.05) is 6.07 Å². The first kappa shape index (κ1) is 22.3. The molecule has 0 amide bonds. The summed E-state index contributed by atoms with van der Waals surface area (Å²) in [5.74, 6) is 0.579. The lowest BCUT2D eigenvalue weighted by Gasteiger charge is -2.28. The average molecular weight is 473 g/mol. The number of benzene rings is 3. The normalized spacial score (nSPS) is 14.6. The zero-order valence-electron chi connectivity index (χ0n) is 17.8. The minimum atomic E-state index is -3.82. The number of hydrogen-bond acceptors (Lipinski definition) is 5. The predicted molar refractivity (Wildman–Crippen MR) is 123 cm³/mol. The quantitative estimate of drug-likeness (QED) is 0.592. The van der Waals surface area contributed by atoms with Gasteiger partial charge in [-0.25, -0.2) is 16.8 Å². The Bertz CT molecular complexity index is 1350. The summed E-state index contributed by atoms with van der Waals surface area (Å²) in [6, 6.07) is 18.3. The molecule has 0 saturated heterocycles. The van der Waals surface area contributed by atoms with Crippen LogP contribution in [0.15, 0.2) is 76.5 Å². The zero-order chi connectivity index (χ0) is 22.9. The summed E-state index contributed by atoms with van der Waals surface area (Å²) in [5.41, 5.74) is 2.74. The standard InChI is InChI=1S/C23H24N2O5S2/c1-17-14-21(30-2)10-11-23(17)31(26,27)24-20-9-8-18-12-13-25(16-19(18)15-20)32(28,29)22-6-4-3-5-7-22/h3-11,14-15,24H,12-13,16H2,1-2H3. The lowest BCUT2D eigenvalue weighted by molar-refractivity contribution is 0.391. The summed E-state index contributed by atoms with van der Waals surface area (Å²) in [5, 5.41) is 0. The highest BCUT2D eigenvalue weighted by Crippen LogP contribution is 2.29.